The van der Waals surface area contributed by atoms with E-state index >= 15 is 0 Å². The van der Waals surface area contributed by atoms with Crippen molar-refractivity contribution in [1.29, 1.82) is 0 Å². The molecule has 2 saturated carbocycles. The number of aromatic nitrogens is 1. The lowest BCUT2D eigenvalue weighted by Crippen LogP contribution is -2.40. The average Bonchev–Trinajstić information content (AvgIpc) is 3.21. The minimum Gasteiger partial charge on any atom is -0.335 e. The highest BCUT2D eigenvalue weighted by atomic mass is 16.2. The third-order valence-electron chi connectivity index (χ3n) is 4.63. The zero-order valence-corrected chi connectivity index (χ0v) is 11.9. The summed E-state index contributed by atoms with van der Waals surface area (Å²) in [5.74, 6) is 0.860. The second-order valence-corrected chi connectivity index (χ2v) is 6.09. The van der Waals surface area contributed by atoms with Crippen LogP contribution in [0.4, 0.5) is 0 Å². The zero-order valence-electron chi connectivity index (χ0n) is 11.9. The van der Waals surface area contributed by atoms with E-state index in [9.17, 15) is 4.79 Å². The molecule has 0 bridgehead atoms. The molecular formula is C16H23N3O. The van der Waals surface area contributed by atoms with Gasteiger partial charge in [0.15, 0.2) is 0 Å². The molecule has 3 rings (SSSR count). The summed E-state index contributed by atoms with van der Waals surface area (Å²) in [5, 5.41) is 0. The van der Waals surface area contributed by atoms with Crippen LogP contribution in [0, 0.1) is 11.8 Å². The highest BCUT2D eigenvalue weighted by Crippen LogP contribution is 2.36. The number of pyridine rings is 1. The molecule has 1 amide bonds. The van der Waals surface area contributed by atoms with Gasteiger partial charge in [-0.2, -0.15) is 0 Å². The highest BCUT2D eigenvalue weighted by molar-refractivity contribution is 5.80. The van der Waals surface area contributed by atoms with Gasteiger partial charge in [-0.15, -0.1) is 0 Å². The molecular weight excluding hydrogens is 250 g/mol. The molecule has 2 fully saturated rings. The molecule has 0 spiro atoms. The third-order valence-corrected chi connectivity index (χ3v) is 4.63. The largest absolute Gasteiger partial charge is 0.335 e. The maximum Gasteiger partial charge on any atom is 0.226 e. The third kappa shape index (κ3) is 2.85. The van der Waals surface area contributed by atoms with Gasteiger partial charge in [0.2, 0.25) is 5.91 Å². The Morgan fingerprint density at radius 2 is 2.20 bits per heavy atom. The van der Waals surface area contributed by atoms with Gasteiger partial charge in [-0.3, -0.25) is 9.78 Å². The molecule has 1 heterocycles. The van der Waals surface area contributed by atoms with Crippen LogP contribution in [-0.4, -0.2) is 28.4 Å². The normalized spacial score (nSPS) is 25.6. The molecule has 20 heavy (non-hydrogen) atoms. The summed E-state index contributed by atoms with van der Waals surface area (Å²) in [4.78, 5) is 19.1. The lowest BCUT2D eigenvalue weighted by molar-refractivity contribution is -0.137. The van der Waals surface area contributed by atoms with Crippen molar-refractivity contribution in [2.75, 3.05) is 6.54 Å². The van der Waals surface area contributed by atoms with Crippen LogP contribution in [0.3, 0.4) is 0 Å². The Hall–Kier alpha value is -1.42. The molecule has 108 valence electrons. The average molecular weight is 273 g/mol. The molecule has 4 heteroatoms. The predicted molar refractivity (Wildman–Crippen MR) is 77.7 cm³/mol. The summed E-state index contributed by atoms with van der Waals surface area (Å²) in [6.07, 6.45) is 9.18. The lowest BCUT2D eigenvalue weighted by Gasteiger charge is -2.28. The molecule has 2 aliphatic carbocycles. The van der Waals surface area contributed by atoms with Gasteiger partial charge in [0.05, 0.1) is 0 Å². The molecule has 0 radical (unpaired) electrons. The van der Waals surface area contributed by atoms with E-state index in [0.717, 1.165) is 37.7 Å². The van der Waals surface area contributed by atoms with Crippen LogP contribution in [-0.2, 0) is 11.3 Å². The van der Waals surface area contributed by atoms with E-state index in [-0.39, 0.29) is 5.92 Å². The van der Waals surface area contributed by atoms with E-state index in [4.69, 9.17) is 5.73 Å². The van der Waals surface area contributed by atoms with Crippen molar-refractivity contribution in [3.63, 3.8) is 0 Å². The van der Waals surface area contributed by atoms with Crippen LogP contribution in [0.25, 0.3) is 0 Å². The smallest absolute Gasteiger partial charge is 0.226 e. The van der Waals surface area contributed by atoms with Crippen LogP contribution in [0.2, 0.25) is 0 Å². The molecule has 0 aromatic carbocycles. The molecule has 0 saturated heterocycles. The molecule has 2 aliphatic rings. The molecule has 2 unspecified atom stereocenters. The molecule has 2 atom stereocenters. The van der Waals surface area contributed by atoms with Crippen molar-refractivity contribution in [2.45, 2.75) is 44.7 Å². The standard InChI is InChI=1S/C16H23N3O/c17-9-13-4-1-5-15(13)16(20)19(14-6-7-14)11-12-3-2-8-18-10-12/h2-3,8,10,13-15H,1,4-7,9,11,17H2. The summed E-state index contributed by atoms with van der Waals surface area (Å²) in [5.41, 5.74) is 6.95. The van der Waals surface area contributed by atoms with Gasteiger partial charge in [-0.05, 0) is 49.8 Å². The molecule has 4 nitrogen and oxygen atoms in total. The number of rotatable bonds is 5. The topological polar surface area (TPSA) is 59.2 Å². The first kappa shape index (κ1) is 13.6. The fourth-order valence-electron chi connectivity index (χ4n) is 3.32. The molecule has 1 aromatic heterocycles. The summed E-state index contributed by atoms with van der Waals surface area (Å²) in [6.45, 7) is 1.34. The summed E-state index contributed by atoms with van der Waals surface area (Å²) in [6, 6.07) is 4.43. The van der Waals surface area contributed by atoms with Gasteiger partial charge >= 0.3 is 0 Å². The number of carbonyl (C=O) groups excluding carboxylic acids is 1. The van der Waals surface area contributed by atoms with Crippen molar-refractivity contribution in [3.05, 3.63) is 30.1 Å². The number of hydrogen-bond donors (Lipinski definition) is 1. The summed E-state index contributed by atoms with van der Waals surface area (Å²) in [7, 11) is 0. The van der Waals surface area contributed by atoms with E-state index in [1.165, 1.54) is 0 Å². The van der Waals surface area contributed by atoms with Gasteiger partial charge in [-0.25, -0.2) is 0 Å². The summed E-state index contributed by atoms with van der Waals surface area (Å²) >= 11 is 0. The van der Waals surface area contributed by atoms with Crippen LogP contribution in [0.1, 0.15) is 37.7 Å². The molecule has 2 N–H and O–H groups in total. The minimum atomic E-state index is 0.150. The Labute approximate surface area is 120 Å². The maximum absolute atomic E-state index is 12.9. The second-order valence-electron chi connectivity index (χ2n) is 6.09. The van der Waals surface area contributed by atoms with Crippen molar-refractivity contribution in [3.8, 4) is 0 Å². The van der Waals surface area contributed by atoms with Gasteiger partial charge < -0.3 is 10.6 Å². The summed E-state index contributed by atoms with van der Waals surface area (Å²) < 4.78 is 0. The maximum atomic E-state index is 12.9. The zero-order chi connectivity index (χ0) is 13.9. The Balaban J connectivity index is 1.72. The predicted octanol–water partition coefficient (Wildman–Crippen LogP) is 1.95. The fraction of sp³-hybridized carbons (Fsp3) is 0.625. The van der Waals surface area contributed by atoms with Crippen molar-refractivity contribution >= 4 is 5.91 Å². The van der Waals surface area contributed by atoms with Crippen LogP contribution < -0.4 is 5.73 Å². The first-order valence-corrected chi connectivity index (χ1v) is 7.69. The van der Waals surface area contributed by atoms with E-state index in [1.54, 1.807) is 6.20 Å². The second kappa shape index (κ2) is 5.92. The number of nitrogens with zero attached hydrogens (tertiary/aromatic N) is 2. The first-order valence-electron chi connectivity index (χ1n) is 7.69. The number of carbonyl (C=O) groups is 1. The Kier molecular flexibility index (Phi) is 4.01. The van der Waals surface area contributed by atoms with E-state index in [1.807, 2.05) is 18.3 Å². The van der Waals surface area contributed by atoms with Gasteiger partial charge in [0, 0.05) is 30.9 Å². The first-order chi connectivity index (χ1) is 9.79. The minimum absolute atomic E-state index is 0.150. The number of hydrogen-bond acceptors (Lipinski definition) is 3. The number of nitrogens with two attached hydrogens (primary N) is 1. The Bertz CT molecular complexity index is 458. The van der Waals surface area contributed by atoms with E-state index in [0.29, 0.717) is 31.0 Å². The molecule has 0 aliphatic heterocycles. The van der Waals surface area contributed by atoms with Crippen LogP contribution in [0.5, 0.6) is 0 Å². The number of amides is 1. The van der Waals surface area contributed by atoms with Crippen LogP contribution in [0.15, 0.2) is 24.5 Å². The van der Waals surface area contributed by atoms with Crippen LogP contribution >= 0.6 is 0 Å². The SMILES string of the molecule is NCC1CCCC1C(=O)N(Cc1cccnc1)C1CC1. The Morgan fingerprint density at radius 3 is 2.85 bits per heavy atom. The van der Waals surface area contributed by atoms with Crippen molar-refractivity contribution in [1.82, 2.24) is 9.88 Å². The van der Waals surface area contributed by atoms with E-state index < -0.39 is 0 Å². The molecule has 1 aromatic rings. The monoisotopic (exact) mass is 273 g/mol. The van der Waals surface area contributed by atoms with Gasteiger partial charge in [-0.1, -0.05) is 12.5 Å². The quantitative estimate of drug-likeness (QED) is 0.892. The fourth-order valence-corrected chi connectivity index (χ4v) is 3.32. The van der Waals surface area contributed by atoms with Gasteiger partial charge in [0.25, 0.3) is 0 Å². The highest BCUT2D eigenvalue weighted by Gasteiger charge is 2.40. The van der Waals surface area contributed by atoms with Crippen molar-refractivity contribution in [2.24, 2.45) is 17.6 Å². The Morgan fingerprint density at radius 1 is 1.35 bits per heavy atom. The van der Waals surface area contributed by atoms with E-state index in [2.05, 4.69) is 9.88 Å². The van der Waals surface area contributed by atoms with Gasteiger partial charge in [0.1, 0.15) is 0 Å². The van der Waals surface area contributed by atoms with Crippen molar-refractivity contribution < 1.29 is 4.79 Å². The lowest BCUT2D eigenvalue weighted by atomic mass is 9.94.